The minimum Gasteiger partial charge on any atom is -0.399 e. The van der Waals surface area contributed by atoms with Crippen molar-refractivity contribution in [3.63, 3.8) is 0 Å². The molecule has 0 spiro atoms. The van der Waals surface area contributed by atoms with Crippen molar-refractivity contribution in [2.75, 3.05) is 5.73 Å². The van der Waals surface area contributed by atoms with Crippen molar-refractivity contribution in [2.24, 2.45) is 0 Å². The molecule has 0 aliphatic rings. The Bertz CT molecular complexity index is 536. The molecule has 0 saturated heterocycles. The van der Waals surface area contributed by atoms with E-state index in [-0.39, 0.29) is 5.91 Å². The fourth-order valence-corrected chi connectivity index (χ4v) is 2.13. The molecular formula is C12H13N3OS. The number of nitrogens with zero attached hydrogens (tertiary/aromatic N) is 1. The van der Waals surface area contributed by atoms with E-state index < -0.39 is 0 Å². The van der Waals surface area contributed by atoms with Crippen LogP contribution in [0.2, 0.25) is 0 Å². The zero-order chi connectivity index (χ0) is 12.3. The fraction of sp³-hybridized carbons (Fsp3) is 0.167. The van der Waals surface area contributed by atoms with Crippen LogP contribution in [0.25, 0.3) is 0 Å². The summed E-state index contributed by atoms with van der Waals surface area (Å²) in [6.45, 7) is 2.35. The smallest absolute Gasteiger partial charge is 0.263 e. The number of hydrogen-bond donors (Lipinski definition) is 2. The second kappa shape index (κ2) is 4.97. The molecule has 0 fully saturated rings. The van der Waals surface area contributed by atoms with Crippen LogP contribution < -0.4 is 11.1 Å². The average molecular weight is 247 g/mol. The van der Waals surface area contributed by atoms with Crippen LogP contribution in [-0.4, -0.2) is 10.9 Å². The first-order valence-electron chi connectivity index (χ1n) is 5.20. The average Bonchev–Trinajstić information content (AvgIpc) is 2.73. The summed E-state index contributed by atoms with van der Waals surface area (Å²) in [5.74, 6) is -0.0991. The SMILES string of the molecule is Cc1ncc(C(=O)NCc2cccc(N)c2)s1. The van der Waals surface area contributed by atoms with Gasteiger partial charge in [-0.15, -0.1) is 11.3 Å². The summed E-state index contributed by atoms with van der Waals surface area (Å²) in [4.78, 5) is 16.4. The Morgan fingerprint density at radius 3 is 3.00 bits per heavy atom. The monoisotopic (exact) mass is 247 g/mol. The maximum absolute atomic E-state index is 11.7. The van der Waals surface area contributed by atoms with Gasteiger partial charge < -0.3 is 11.1 Å². The van der Waals surface area contributed by atoms with Crippen LogP contribution in [0.4, 0.5) is 5.69 Å². The van der Waals surface area contributed by atoms with Crippen molar-refractivity contribution in [1.82, 2.24) is 10.3 Å². The lowest BCUT2D eigenvalue weighted by Gasteiger charge is -2.04. The lowest BCUT2D eigenvalue weighted by molar-refractivity contribution is 0.0955. The number of nitrogens with two attached hydrogens (primary N) is 1. The third-order valence-corrected chi connectivity index (χ3v) is 3.16. The molecule has 0 bridgehead atoms. The Balaban J connectivity index is 1.97. The standard InChI is InChI=1S/C12H13N3OS/c1-8-14-7-11(17-8)12(16)15-6-9-3-2-4-10(13)5-9/h2-5,7H,6,13H2,1H3,(H,15,16). The fourth-order valence-electron chi connectivity index (χ4n) is 1.44. The molecule has 88 valence electrons. The predicted octanol–water partition coefficient (Wildman–Crippen LogP) is 1.96. The molecule has 3 N–H and O–H groups in total. The van der Waals surface area contributed by atoms with E-state index in [9.17, 15) is 4.79 Å². The molecule has 1 aromatic carbocycles. The van der Waals surface area contributed by atoms with Crippen molar-refractivity contribution in [1.29, 1.82) is 0 Å². The third kappa shape index (κ3) is 3.04. The molecule has 1 heterocycles. The molecule has 2 aromatic rings. The minimum atomic E-state index is -0.0991. The quantitative estimate of drug-likeness (QED) is 0.815. The summed E-state index contributed by atoms with van der Waals surface area (Å²) in [5, 5.41) is 3.72. The highest BCUT2D eigenvalue weighted by Gasteiger charge is 2.08. The summed E-state index contributed by atoms with van der Waals surface area (Å²) in [5.41, 5.74) is 7.34. The Labute approximate surface area is 103 Å². The zero-order valence-electron chi connectivity index (χ0n) is 9.43. The van der Waals surface area contributed by atoms with Crippen LogP contribution in [0.5, 0.6) is 0 Å². The molecule has 0 aliphatic carbocycles. The second-order valence-electron chi connectivity index (χ2n) is 3.67. The summed E-state index contributed by atoms with van der Waals surface area (Å²) in [6, 6.07) is 7.46. The number of rotatable bonds is 3. The van der Waals surface area contributed by atoms with Crippen LogP contribution in [0.3, 0.4) is 0 Å². The number of anilines is 1. The molecule has 0 aliphatic heterocycles. The molecule has 1 aromatic heterocycles. The molecule has 0 saturated carbocycles. The number of hydrogen-bond acceptors (Lipinski definition) is 4. The van der Waals surface area contributed by atoms with Crippen LogP contribution >= 0.6 is 11.3 Å². The number of nitrogens with one attached hydrogen (secondary N) is 1. The van der Waals surface area contributed by atoms with E-state index in [1.165, 1.54) is 11.3 Å². The van der Waals surface area contributed by atoms with E-state index in [4.69, 9.17) is 5.73 Å². The van der Waals surface area contributed by atoms with Gasteiger partial charge in [-0.05, 0) is 24.6 Å². The highest BCUT2D eigenvalue weighted by atomic mass is 32.1. The van der Waals surface area contributed by atoms with Gasteiger partial charge in [-0.2, -0.15) is 0 Å². The summed E-state index contributed by atoms with van der Waals surface area (Å²) < 4.78 is 0. The van der Waals surface area contributed by atoms with Crippen molar-refractivity contribution >= 4 is 22.9 Å². The van der Waals surface area contributed by atoms with E-state index in [2.05, 4.69) is 10.3 Å². The highest BCUT2D eigenvalue weighted by molar-refractivity contribution is 7.13. The number of carbonyl (C=O) groups excluding carboxylic acids is 1. The lowest BCUT2D eigenvalue weighted by atomic mass is 10.2. The molecule has 0 atom stereocenters. The van der Waals surface area contributed by atoms with E-state index in [0.717, 1.165) is 10.6 Å². The van der Waals surface area contributed by atoms with Gasteiger partial charge in [0.25, 0.3) is 5.91 Å². The topological polar surface area (TPSA) is 68.0 Å². The van der Waals surface area contributed by atoms with Gasteiger partial charge in [0.1, 0.15) is 4.88 Å². The Morgan fingerprint density at radius 2 is 2.35 bits per heavy atom. The van der Waals surface area contributed by atoms with Gasteiger partial charge in [0.05, 0.1) is 11.2 Å². The van der Waals surface area contributed by atoms with Crippen molar-refractivity contribution in [3.05, 3.63) is 45.9 Å². The second-order valence-corrected chi connectivity index (χ2v) is 4.91. The first-order chi connectivity index (χ1) is 8.15. The van der Waals surface area contributed by atoms with E-state index in [1.807, 2.05) is 31.2 Å². The summed E-state index contributed by atoms with van der Waals surface area (Å²) >= 11 is 1.39. The van der Waals surface area contributed by atoms with Crippen molar-refractivity contribution in [2.45, 2.75) is 13.5 Å². The number of aromatic nitrogens is 1. The third-order valence-electron chi connectivity index (χ3n) is 2.25. The van der Waals surface area contributed by atoms with Gasteiger partial charge in [0, 0.05) is 12.2 Å². The first-order valence-corrected chi connectivity index (χ1v) is 6.02. The Morgan fingerprint density at radius 1 is 1.53 bits per heavy atom. The summed E-state index contributed by atoms with van der Waals surface area (Å²) in [6.07, 6.45) is 1.59. The molecular weight excluding hydrogens is 234 g/mol. The molecule has 1 amide bonds. The van der Waals surface area contributed by atoms with Gasteiger partial charge >= 0.3 is 0 Å². The van der Waals surface area contributed by atoms with Crippen LogP contribution in [-0.2, 0) is 6.54 Å². The predicted molar refractivity (Wildman–Crippen MR) is 68.9 cm³/mol. The number of carbonyl (C=O) groups is 1. The lowest BCUT2D eigenvalue weighted by Crippen LogP contribution is -2.21. The van der Waals surface area contributed by atoms with Gasteiger partial charge in [0.15, 0.2) is 0 Å². The maximum Gasteiger partial charge on any atom is 0.263 e. The molecule has 0 radical (unpaired) electrons. The van der Waals surface area contributed by atoms with Crippen LogP contribution in [0, 0.1) is 6.92 Å². The van der Waals surface area contributed by atoms with E-state index >= 15 is 0 Å². The van der Waals surface area contributed by atoms with Crippen molar-refractivity contribution in [3.8, 4) is 0 Å². The van der Waals surface area contributed by atoms with Crippen LogP contribution in [0.1, 0.15) is 20.2 Å². The first kappa shape index (κ1) is 11.6. The number of thiazole rings is 1. The molecule has 2 rings (SSSR count). The zero-order valence-corrected chi connectivity index (χ0v) is 10.3. The number of aryl methyl sites for hydroxylation is 1. The van der Waals surface area contributed by atoms with Crippen LogP contribution in [0.15, 0.2) is 30.5 Å². The number of benzene rings is 1. The number of nitrogen functional groups attached to an aromatic ring is 1. The largest absolute Gasteiger partial charge is 0.399 e. The van der Waals surface area contributed by atoms with Crippen molar-refractivity contribution < 1.29 is 4.79 Å². The maximum atomic E-state index is 11.7. The molecule has 0 unspecified atom stereocenters. The van der Waals surface area contributed by atoms with Gasteiger partial charge in [-0.1, -0.05) is 12.1 Å². The minimum absolute atomic E-state index is 0.0991. The normalized spacial score (nSPS) is 10.2. The van der Waals surface area contributed by atoms with Gasteiger partial charge in [-0.25, -0.2) is 4.98 Å². The molecule has 4 nitrogen and oxygen atoms in total. The van der Waals surface area contributed by atoms with Gasteiger partial charge in [-0.3, -0.25) is 4.79 Å². The molecule has 5 heteroatoms. The van der Waals surface area contributed by atoms with E-state index in [0.29, 0.717) is 17.1 Å². The highest BCUT2D eigenvalue weighted by Crippen LogP contribution is 2.11. The number of amides is 1. The Hall–Kier alpha value is -1.88. The summed E-state index contributed by atoms with van der Waals surface area (Å²) in [7, 11) is 0. The van der Waals surface area contributed by atoms with Gasteiger partial charge in [0.2, 0.25) is 0 Å². The van der Waals surface area contributed by atoms with E-state index in [1.54, 1.807) is 6.20 Å². The molecule has 17 heavy (non-hydrogen) atoms. The Kier molecular flexibility index (Phi) is 3.39.